The van der Waals surface area contributed by atoms with Crippen LogP contribution >= 0.6 is 0 Å². The lowest BCUT2D eigenvalue weighted by Crippen LogP contribution is -2.14. The Morgan fingerprint density at radius 2 is 2.11 bits per heavy atom. The highest BCUT2D eigenvalue weighted by Gasteiger charge is 2.35. The second kappa shape index (κ2) is 4.51. The number of anilines is 2. The van der Waals surface area contributed by atoms with Crippen molar-refractivity contribution in [3.63, 3.8) is 0 Å². The summed E-state index contributed by atoms with van der Waals surface area (Å²) < 4.78 is 42.0. The van der Waals surface area contributed by atoms with Gasteiger partial charge in [-0.25, -0.2) is 9.97 Å². The third kappa shape index (κ3) is 2.87. The predicted octanol–water partition coefficient (Wildman–Crippen LogP) is 1.68. The van der Waals surface area contributed by atoms with Gasteiger partial charge in [0.25, 0.3) is 0 Å². The number of hydrogen-bond acceptors (Lipinski definition) is 6. The fourth-order valence-electron chi connectivity index (χ4n) is 1.19. The van der Waals surface area contributed by atoms with Crippen LogP contribution in [-0.2, 0) is 12.7 Å². The molecule has 0 aliphatic heterocycles. The third-order valence-electron chi connectivity index (χ3n) is 1.93. The van der Waals surface area contributed by atoms with E-state index < -0.39 is 12.0 Å². The van der Waals surface area contributed by atoms with E-state index >= 15 is 0 Å². The molecular weight excluding hydrogens is 251 g/mol. The average Bonchev–Trinajstić information content (AvgIpc) is 2.77. The van der Waals surface area contributed by atoms with E-state index in [1.54, 1.807) is 6.07 Å². The van der Waals surface area contributed by atoms with Crippen molar-refractivity contribution in [3.8, 4) is 0 Å². The molecule has 0 unspecified atom stereocenters. The van der Waals surface area contributed by atoms with E-state index in [9.17, 15) is 13.2 Å². The number of nitrogens with two attached hydrogens (primary N) is 1. The summed E-state index contributed by atoms with van der Waals surface area (Å²) in [6, 6.07) is 2.77. The van der Waals surface area contributed by atoms with Gasteiger partial charge in [0.05, 0.1) is 12.7 Å². The lowest BCUT2D eigenvalue weighted by molar-refractivity contribution is -0.144. The van der Waals surface area contributed by atoms with Crippen molar-refractivity contribution in [2.45, 2.75) is 12.7 Å². The fraction of sp³-hybridized carbons (Fsp3) is 0.222. The molecule has 2 aromatic rings. The highest BCUT2D eigenvalue weighted by Crippen LogP contribution is 2.27. The van der Waals surface area contributed by atoms with Crippen LogP contribution in [0.2, 0.25) is 0 Å². The zero-order valence-corrected chi connectivity index (χ0v) is 8.90. The van der Waals surface area contributed by atoms with Crippen molar-refractivity contribution in [2.75, 3.05) is 11.1 Å². The number of aromatic nitrogens is 3. The van der Waals surface area contributed by atoms with Gasteiger partial charge in [-0.3, -0.25) is 0 Å². The standard InChI is InChI=1S/C9H8F3N5O/c10-9(11,12)8-16-6(13)3-7(17-8)14-4-5-1-2-15-18-5/h1-3H,4H2,(H3,13,14,16,17). The van der Waals surface area contributed by atoms with Crippen LogP contribution in [0.4, 0.5) is 24.8 Å². The van der Waals surface area contributed by atoms with Gasteiger partial charge in [0.2, 0.25) is 5.82 Å². The van der Waals surface area contributed by atoms with Crippen molar-refractivity contribution >= 4 is 11.6 Å². The molecule has 9 heteroatoms. The van der Waals surface area contributed by atoms with Crippen LogP contribution in [0.15, 0.2) is 22.9 Å². The van der Waals surface area contributed by atoms with E-state index in [1.807, 2.05) is 0 Å². The minimum atomic E-state index is -4.64. The lowest BCUT2D eigenvalue weighted by atomic mass is 10.4. The van der Waals surface area contributed by atoms with Crippen molar-refractivity contribution in [3.05, 3.63) is 29.9 Å². The molecule has 0 atom stereocenters. The molecule has 0 bridgehead atoms. The summed E-state index contributed by atoms with van der Waals surface area (Å²) >= 11 is 0. The topological polar surface area (TPSA) is 89.9 Å². The van der Waals surface area contributed by atoms with Crippen LogP contribution in [0.3, 0.4) is 0 Å². The Kier molecular flexibility index (Phi) is 3.04. The smallest absolute Gasteiger partial charge is 0.384 e. The number of nitrogen functional groups attached to an aromatic ring is 1. The molecule has 18 heavy (non-hydrogen) atoms. The van der Waals surface area contributed by atoms with Crippen LogP contribution in [0, 0.1) is 0 Å². The summed E-state index contributed by atoms with van der Waals surface area (Å²) in [6.07, 6.45) is -3.22. The SMILES string of the molecule is Nc1cc(NCc2ccno2)nc(C(F)(F)F)n1. The first-order valence-electron chi connectivity index (χ1n) is 4.80. The monoisotopic (exact) mass is 259 g/mol. The van der Waals surface area contributed by atoms with Crippen molar-refractivity contribution < 1.29 is 17.7 Å². The highest BCUT2D eigenvalue weighted by molar-refractivity contribution is 5.45. The first-order chi connectivity index (χ1) is 8.45. The van der Waals surface area contributed by atoms with E-state index in [0.29, 0.717) is 5.76 Å². The molecule has 0 aliphatic rings. The number of hydrogen-bond donors (Lipinski definition) is 2. The van der Waals surface area contributed by atoms with Crippen LogP contribution in [0.25, 0.3) is 0 Å². The minimum absolute atomic E-state index is 0.0359. The number of rotatable bonds is 3. The van der Waals surface area contributed by atoms with E-state index in [1.165, 1.54) is 12.3 Å². The normalized spacial score (nSPS) is 11.5. The second-order valence-electron chi connectivity index (χ2n) is 3.33. The number of halogens is 3. The Bertz CT molecular complexity index is 525. The van der Waals surface area contributed by atoms with Crippen LogP contribution in [-0.4, -0.2) is 15.1 Å². The van der Waals surface area contributed by atoms with Gasteiger partial charge in [-0.1, -0.05) is 5.16 Å². The largest absolute Gasteiger partial charge is 0.451 e. The van der Waals surface area contributed by atoms with Crippen molar-refractivity contribution in [1.82, 2.24) is 15.1 Å². The molecule has 0 aromatic carbocycles. The average molecular weight is 259 g/mol. The molecule has 0 aliphatic carbocycles. The molecule has 2 heterocycles. The van der Waals surface area contributed by atoms with Gasteiger partial charge in [0.1, 0.15) is 11.6 Å². The molecule has 0 radical (unpaired) electrons. The van der Waals surface area contributed by atoms with E-state index in [4.69, 9.17) is 10.3 Å². The number of nitrogens with zero attached hydrogens (tertiary/aromatic N) is 3. The third-order valence-corrected chi connectivity index (χ3v) is 1.93. The van der Waals surface area contributed by atoms with Gasteiger partial charge in [0.15, 0.2) is 5.76 Å². The maximum Gasteiger partial charge on any atom is 0.451 e. The van der Waals surface area contributed by atoms with Crippen LogP contribution in [0.1, 0.15) is 11.6 Å². The van der Waals surface area contributed by atoms with Gasteiger partial charge in [-0.15, -0.1) is 0 Å². The second-order valence-corrected chi connectivity index (χ2v) is 3.33. The molecule has 0 spiro atoms. The molecular formula is C9H8F3N5O. The fourth-order valence-corrected chi connectivity index (χ4v) is 1.19. The van der Waals surface area contributed by atoms with Gasteiger partial charge in [-0.05, 0) is 0 Å². The van der Waals surface area contributed by atoms with Gasteiger partial charge < -0.3 is 15.6 Å². The predicted molar refractivity (Wildman–Crippen MR) is 55.3 cm³/mol. The maximum absolute atomic E-state index is 12.4. The Labute approximate surface area is 99.0 Å². The molecule has 2 rings (SSSR count). The van der Waals surface area contributed by atoms with Crippen molar-refractivity contribution in [1.29, 1.82) is 0 Å². The Balaban J connectivity index is 2.15. The number of nitrogens with one attached hydrogen (secondary N) is 1. The molecule has 0 amide bonds. The quantitative estimate of drug-likeness (QED) is 0.871. The summed E-state index contributed by atoms with van der Waals surface area (Å²) in [4.78, 5) is 6.43. The maximum atomic E-state index is 12.4. The first-order valence-corrected chi connectivity index (χ1v) is 4.80. The zero-order valence-electron chi connectivity index (χ0n) is 8.90. The molecule has 0 fully saturated rings. The van der Waals surface area contributed by atoms with Gasteiger partial charge in [0, 0.05) is 12.1 Å². The summed E-state index contributed by atoms with van der Waals surface area (Å²) in [5, 5.41) is 6.09. The van der Waals surface area contributed by atoms with Crippen molar-refractivity contribution in [2.24, 2.45) is 0 Å². The summed E-state index contributed by atoms with van der Waals surface area (Å²) in [5.74, 6) is -1.13. The van der Waals surface area contributed by atoms with Crippen LogP contribution in [0.5, 0.6) is 0 Å². The Hall–Kier alpha value is -2.32. The zero-order chi connectivity index (χ0) is 13.2. The minimum Gasteiger partial charge on any atom is -0.384 e. The summed E-state index contributed by atoms with van der Waals surface area (Å²) in [5.41, 5.74) is 5.28. The van der Waals surface area contributed by atoms with E-state index in [-0.39, 0.29) is 18.2 Å². The first kappa shape index (κ1) is 12.1. The van der Waals surface area contributed by atoms with Gasteiger partial charge in [-0.2, -0.15) is 13.2 Å². The molecule has 0 saturated heterocycles. The summed E-state index contributed by atoms with van der Waals surface area (Å²) in [6.45, 7) is 0.147. The lowest BCUT2D eigenvalue weighted by Gasteiger charge is -2.09. The van der Waals surface area contributed by atoms with E-state index in [2.05, 4.69) is 20.4 Å². The summed E-state index contributed by atoms with van der Waals surface area (Å²) in [7, 11) is 0. The Morgan fingerprint density at radius 1 is 1.33 bits per heavy atom. The molecule has 3 N–H and O–H groups in total. The molecule has 6 nitrogen and oxygen atoms in total. The van der Waals surface area contributed by atoms with E-state index in [0.717, 1.165) is 0 Å². The molecule has 0 saturated carbocycles. The van der Waals surface area contributed by atoms with Gasteiger partial charge >= 0.3 is 6.18 Å². The molecule has 96 valence electrons. The number of alkyl halides is 3. The van der Waals surface area contributed by atoms with Crippen LogP contribution < -0.4 is 11.1 Å². The Morgan fingerprint density at radius 3 is 2.72 bits per heavy atom. The molecule has 2 aromatic heterocycles. The highest BCUT2D eigenvalue weighted by atomic mass is 19.4.